The van der Waals surface area contributed by atoms with Crippen molar-refractivity contribution in [2.75, 3.05) is 10.0 Å². The van der Waals surface area contributed by atoms with E-state index in [0.717, 1.165) is 12.8 Å². The molecule has 0 radical (unpaired) electrons. The van der Waals surface area contributed by atoms with Gasteiger partial charge >= 0.3 is 0 Å². The Kier molecular flexibility index (Phi) is 8.75. The fourth-order valence-electron chi connectivity index (χ4n) is 3.18. The smallest absolute Gasteiger partial charge is 0.0553 e. The second kappa shape index (κ2) is 10.5. The molecular weight excluding hydrogens is 328 g/mol. The summed E-state index contributed by atoms with van der Waals surface area (Å²) in [5, 5.41) is 3.69. The quantitative estimate of drug-likeness (QED) is 0.697. The molecule has 2 aromatic rings. The summed E-state index contributed by atoms with van der Waals surface area (Å²) in [7, 11) is 0. The van der Waals surface area contributed by atoms with Crippen molar-refractivity contribution < 1.29 is 0 Å². The van der Waals surface area contributed by atoms with E-state index in [1.807, 2.05) is 36.0 Å². The molecule has 0 amide bonds. The zero-order valence-electron chi connectivity index (χ0n) is 16.1. The van der Waals surface area contributed by atoms with Crippen molar-refractivity contribution in [3.63, 3.8) is 0 Å². The monoisotopic (exact) mass is 358 g/mol. The summed E-state index contributed by atoms with van der Waals surface area (Å²) >= 11 is 0. The minimum absolute atomic E-state index is 0.451. The Morgan fingerprint density at radius 1 is 0.731 bits per heavy atom. The molecule has 6 heteroatoms. The summed E-state index contributed by atoms with van der Waals surface area (Å²) in [5.74, 6) is 11.6. The highest BCUT2D eigenvalue weighted by Gasteiger charge is 2.22. The standard InChI is InChI=1S/2C9H12N2.C2H6.O2/c2*1-7-6-8-4-2-3-5-9(8)11(7)10;2*1-2/h2*2-5,7H,6,10H2,1H3;1-2H3;. The van der Waals surface area contributed by atoms with Crippen LogP contribution in [0.4, 0.5) is 11.4 Å². The van der Waals surface area contributed by atoms with Crippen LogP contribution in [0.2, 0.25) is 0 Å². The largest absolute Gasteiger partial charge is 0.308 e. The molecule has 142 valence electrons. The number of hydrogen-bond donors (Lipinski definition) is 2. The summed E-state index contributed by atoms with van der Waals surface area (Å²) < 4.78 is 0. The Hall–Kier alpha value is -2.44. The van der Waals surface area contributed by atoms with Crippen molar-refractivity contribution in [2.45, 2.75) is 52.6 Å². The van der Waals surface area contributed by atoms with Crippen LogP contribution >= 0.6 is 0 Å². The number of nitrogens with zero attached hydrogens (tertiary/aromatic N) is 2. The SMILES string of the molecule is CC.CC1Cc2ccccc2N1N.CC1Cc2ccccc2N1N.O=O. The molecule has 4 rings (SSSR count). The zero-order valence-corrected chi connectivity index (χ0v) is 16.1. The molecule has 2 atom stereocenters. The van der Waals surface area contributed by atoms with Crippen LogP contribution in [0.25, 0.3) is 0 Å². The Labute approximate surface area is 155 Å². The van der Waals surface area contributed by atoms with Crippen LogP contribution in [0, 0.1) is 9.93 Å². The Bertz CT molecular complexity index is 623. The lowest BCUT2D eigenvalue weighted by Gasteiger charge is -2.17. The first-order valence-electron chi connectivity index (χ1n) is 8.98. The highest BCUT2D eigenvalue weighted by molar-refractivity contribution is 5.58. The third kappa shape index (κ3) is 4.80. The van der Waals surface area contributed by atoms with Gasteiger partial charge < -0.3 is 10.0 Å². The maximum atomic E-state index is 7.00. The van der Waals surface area contributed by atoms with E-state index in [0.29, 0.717) is 12.1 Å². The second-order valence-corrected chi connectivity index (χ2v) is 6.18. The molecule has 0 saturated carbocycles. The molecule has 4 N–H and O–H groups in total. The lowest BCUT2D eigenvalue weighted by atomic mass is 10.1. The van der Waals surface area contributed by atoms with Crippen LogP contribution in [0.15, 0.2) is 48.5 Å². The third-order valence-electron chi connectivity index (χ3n) is 4.52. The molecule has 0 aromatic heterocycles. The first-order valence-corrected chi connectivity index (χ1v) is 8.98. The van der Waals surface area contributed by atoms with Gasteiger partial charge in [-0.3, -0.25) is 0 Å². The van der Waals surface area contributed by atoms with Crippen LogP contribution in [0.1, 0.15) is 38.8 Å². The zero-order chi connectivity index (χ0) is 19.7. The molecule has 0 saturated heterocycles. The summed E-state index contributed by atoms with van der Waals surface area (Å²) in [6.07, 6.45) is 2.15. The summed E-state index contributed by atoms with van der Waals surface area (Å²) in [5.41, 5.74) is 5.09. The maximum absolute atomic E-state index is 7.00. The van der Waals surface area contributed by atoms with E-state index in [1.54, 1.807) is 0 Å². The van der Waals surface area contributed by atoms with Crippen molar-refractivity contribution >= 4 is 11.4 Å². The molecule has 2 aliphatic rings. The Morgan fingerprint density at radius 3 is 1.35 bits per heavy atom. The molecule has 2 aliphatic heterocycles. The van der Waals surface area contributed by atoms with E-state index in [9.17, 15) is 0 Å². The Morgan fingerprint density at radius 2 is 1.04 bits per heavy atom. The number of benzene rings is 2. The topological polar surface area (TPSA) is 92.7 Å². The van der Waals surface area contributed by atoms with Crippen molar-refractivity contribution in [3.8, 4) is 0 Å². The number of rotatable bonds is 0. The van der Waals surface area contributed by atoms with E-state index >= 15 is 0 Å². The predicted molar refractivity (Wildman–Crippen MR) is 111 cm³/mol. The highest BCUT2D eigenvalue weighted by Crippen LogP contribution is 2.29. The fraction of sp³-hybridized carbons (Fsp3) is 0.400. The van der Waals surface area contributed by atoms with E-state index in [1.165, 1.54) is 22.5 Å². The van der Waals surface area contributed by atoms with Crippen molar-refractivity contribution in [2.24, 2.45) is 11.7 Å². The van der Waals surface area contributed by atoms with Crippen LogP contribution in [0.3, 0.4) is 0 Å². The van der Waals surface area contributed by atoms with Gasteiger partial charge in [0.15, 0.2) is 0 Å². The number of hydrazine groups is 2. The molecule has 0 bridgehead atoms. The summed E-state index contributed by atoms with van der Waals surface area (Å²) in [6, 6.07) is 17.5. The maximum Gasteiger partial charge on any atom is 0.0553 e. The highest BCUT2D eigenvalue weighted by atomic mass is 16.7. The number of anilines is 2. The number of para-hydroxylation sites is 2. The molecule has 2 heterocycles. The third-order valence-corrected chi connectivity index (χ3v) is 4.52. The van der Waals surface area contributed by atoms with Crippen molar-refractivity contribution in [1.82, 2.24) is 0 Å². The average molecular weight is 358 g/mol. The molecule has 6 nitrogen and oxygen atoms in total. The van der Waals surface area contributed by atoms with E-state index in [-0.39, 0.29) is 0 Å². The van der Waals surface area contributed by atoms with Gasteiger partial charge in [-0.15, -0.1) is 0 Å². The van der Waals surface area contributed by atoms with Gasteiger partial charge in [0, 0.05) is 22.0 Å². The van der Waals surface area contributed by atoms with E-state index in [4.69, 9.17) is 21.6 Å². The number of nitrogens with two attached hydrogens (primary N) is 2. The predicted octanol–water partition coefficient (Wildman–Crippen LogP) is 3.72. The second-order valence-electron chi connectivity index (χ2n) is 6.18. The fourth-order valence-corrected chi connectivity index (χ4v) is 3.18. The molecule has 0 aliphatic carbocycles. The Balaban J connectivity index is 0.000000219. The van der Waals surface area contributed by atoms with Crippen LogP contribution in [-0.2, 0) is 12.8 Å². The molecule has 0 fully saturated rings. The number of fused-ring (bicyclic) bond motifs is 2. The van der Waals surface area contributed by atoms with Crippen LogP contribution in [-0.4, -0.2) is 12.1 Å². The van der Waals surface area contributed by atoms with Crippen molar-refractivity contribution in [3.05, 3.63) is 69.6 Å². The van der Waals surface area contributed by atoms with Crippen LogP contribution in [0.5, 0.6) is 0 Å². The minimum Gasteiger partial charge on any atom is -0.308 e. The summed E-state index contributed by atoms with van der Waals surface area (Å²) in [6.45, 7) is 8.28. The summed E-state index contributed by atoms with van der Waals surface area (Å²) in [4.78, 5) is 14.0. The van der Waals surface area contributed by atoms with Gasteiger partial charge in [-0.05, 0) is 49.9 Å². The molecule has 2 aromatic carbocycles. The van der Waals surface area contributed by atoms with Gasteiger partial charge in [0.05, 0.1) is 11.4 Å². The lowest BCUT2D eigenvalue weighted by molar-refractivity contribution is 0.696. The lowest BCUT2D eigenvalue weighted by Crippen LogP contribution is -2.35. The molecule has 0 spiro atoms. The van der Waals surface area contributed by atoms with E-state index < -0.39 is 0 Å². The van der Waals surface area contributed by atoms with Gasteiger partial charge in [-0.2, -0.15) is 0 Å². The van der Waals surface area contributed by atoms with E-state index in [2.05, 4.69) is 50.2 Å². The van der Waals surface area contributed by atoms with Gasteiger partial charge in [0.2, 0.25) is 0 Å². The van der Waals surface area contributed by atoms with Gasteiger partial charge in [-0.1, -0.05) is 50.2 Å². The van der Waals surface area contributed by atoms with Gasteiger partial charge in [-0.25, -0.2) is 11.7 Å². The molecule has 2 unspecified atom stereocenters. The number of hydrogen-bond acceptors (Lipinski definition) is 6. The average Bonchev–Trinajstić information content (AvgIpc) is 3.15. The van der Waals surface area contributed by atoms with Crippen LogP contribution < -0.4 is 21.7 Å². The minimum atomic E-state index is 0.451. The molecule has 26 heavy (non-hydrogen) atoms. The van der Waals surface area contributed by atoms with Crippen molar-refractivity contribution in [1.29, 1.82) is 0 Å². The normalized spacial score (nSPS) is 19.0. The first kappa shape index (κ1) is 21.6. The molecular formula is C20H30N4O2. The van der Waals surface area contributed by atoms with Gasteiger partial charge in [0.25, 0.3) is 0 Å². The van der Waals surface area contributed by atoms with Gasteiger partial charge in [0.1, 0.15) is 0 Å². The first-order chi connectivity index (χ1) is 12.6.